The van der Waals surface area contributed by atoms with Gasteiger partial charge in [-0.25, -0.2) is 0 Å². The summed E-state index contributed by atoms with van der Waals surface area (Å²) in [6.07, 6.45) is 7.26. The lowest BCUT2D eigenvalue weighted by atomic mass is 9.90. The number of aromatic hydroxyl groups is 1. The van der Waals surface area contributed by atoms with Crippen molar-refractivity contribution in [3.05, 3.63) is 107 Å². The molecule has 0 radical (unpaired) electrons. The lowest BCUT2D eigenvalue weighted by molar-refractivity contribution is 0.0951. The van der Waals surface area contributed by atoms with Crippen molar-refractivity contribution in [1.82, 2.24) is 10.2 Å². The fourth-order valence-electron chi connectivity index (χ4n) is 4.49. The van der Waals surface area contributed by atoms with Gasteiger partial charge in [0.25, 0.3) is 5.91 Å². The van der Waals surface area contributed by atoms with Crippen molar-refractivity contribution in [2.45, 2.75) is 31.7 Å². The molecular weight excluding hydrogens is 408 g/mol. The average Bonchev–Trinajstić information content (AvgIpc) is 2.85. The predicted octanol–water partition coefficient (Wildman–Crippen LogP) is 5.61. The van der Waals surface area contributed by atoms with E-state index in [1.54, 1.807) is 12.1 Å². The number of nitrogens with zero attached hydrogens (tertiary/aromatic N) is 1. The van der Waals surface area contributed by atoms with Crippen LogP contribution in [-0.4, -0.2) is 35.5 Å². The van der Waals surface area contributed by atoms with Gasteiger partial charge in [-0.05, 0) is 66.6 Å². The summed E-state index contributed by atoms with van der Waals surface area (Å²) in [4.78, 5) is 15.3. The van der Waals surface area contributed by atoms with E-state index in [9.17, 15) is 9.90 Å². The zero-order valence-electron chi connectivity index (χ0n) is 19.0. The smallest absolute Gasteiger partial charge is 0.251 e. The van der Waals surface area contributed by atoms with Crippen LogP contribution in [0.15, 0.2) is 84.9 Å². The zero-order chi connectivity index (χ0) is 22.9. The third-order valence-electron chi connectivity index (χ3n) is 6.23. The summed E-state index contributed by atoms with van der Waals surface area (Å²) < 4.78 is 0. The van der Waals surface area contributed by atoms with Crippen LogP contribution in [0.1, 0.15) is 52.2 Å². The Bertz CT molecular complexity index is 1060. The van der Waals surface area contributed by atoms with Gasteiger partial charge >= 0.3 is 0 Å². The molecule has 1 fully saturated rings. The third kappa shape index (κ3) is 6.56. The predicted molar refractivity (Wildman–Crippen MR) is 134 cm³/mol. The Balaban J connectivity index is 1.32. The van der Waals surface area contributed by atoms with Crippen molar-refractivity contribution in [3.8, 4) is 5.75 Å². The highest BCUT2D eigenvalue weighted by Crippen LogP contribution is 2.29. The van der Waals surface area contributed by atoms with Crippen molar-refractivity contribution < 1.29 is 9.90 Å². The molecule has 170 valence electrons. The molecule has 0 aromatic heterocycles. The molecule has 2 N–H and O–H groups in total. The van der Waals surface area contributed by atoms with Gasteiger partial charge in [-0.1, -0.05) is 72.8 Å². The lowest BCUT2D eigenvalue weighted by Gasteiger charge is -2.33. The van der Waals surface area contributed by atoms with E-state index in [-0.39, 0.29) is 5.91 Å². The summed E-state index contributed by atoms with van der Waals surface area (Å²) in [5.74, 6) is 0.754. The van der Waals surface area contributed by atoms with Crippen LogP contribution in [0.4, 0.5) is 0 Å². The second kappa shape index (κ2) is 11.5. The largest absolute Gasteiger partial charge is 0.508 e. The fraction of sp³-hybridized carbons (Fsp3) is 0.276. The van der Waals surface area contributed by atoms with Gasteiger partial charge in [0.15, 0.2) is 0 Å². The van der Waals surface area contributed by atoms with Crippen LogP contribution in [0, 0.1) is 0 Å². The topological polar surface area (TPSA) is 52.6 Å². The molecule has 1 amide bonds. The SMILES string of the molecule is O=C(NCCC=Cc1ccccc1)c1ccccc1CN1CCCC(c2ccc(O)cc2)C1. The molecule has 1 saturated heterocycles. The number of carbonyl (C=O) groups is 1. The van der Waals surface area contributed by atoms with Crippen LogP contribution in [0.2, 0.25) is 0 Å². The number of phenols is 1. The fourth-order valence-corrected chi connectivity index (χ4v) is 4.49. The van der Waals surface area contributed by atoms with Gasteiger partial charge in [0.1, 0.15) is 5.75 Å². The van der Waals surface area contributed by atoms with E-state index < -0.39 is 0 Å². The van der Waals surface area contributed by atoms with Crippen LogP contribution in [0.25, 0.3) is 6.08 Å². The molecule has 1 aliphatic rings. The first-order valence-corrected chi connectivity index (χ1v) is 11.8. The summed E-state index contributed by atoms with van der Waals surface area (Å²) in [5, 5.41) is 12.6. The van der Waals surface area contributed by atoms with Crippen molar-refractivity contribution in [3.63, 3.8) is 0 Å². The van der Waals surface area contributed by atoms with Gasteiger partial charge in [-0.15, -0.1) is 0 Å². The van der Waals surface area contributed by atoms with Crippen molar-refractivity contribution in [1.29, 1.82) is 0 Å². The summed E-state index contributed by atoms with van der Waals surface area (Å²) >= 11 is 0. The summed E-state index contributed by atoms with van der Waals surface area (Å²) in [5.41, 5.74) is 4.27. The molecule has 4 nitrogen and oxygen atoms in total. The summed E-state index contributed by atoms with van der Waals surface area (Å²) in [6.45, 7) is 3.38. The first-order chi connectivity index (χ1) is 16.2. The number of rotatable bonds is 8. The van der Waals surface area contributed by atoms with Crippen molar-refractivity contribution >= 4 is 12.0 Å². The minimum atomic E-state index is -0.00851. The van der Waals surface area contributed by atoms with Crippen LogP contribution >= 0.6 is 0 Å². The first-order valence-electron chi connectivity index (χ1n) is 11.8. The van der Waals surface area contributed by atoms with E-state index in [2.05, 4.69) is 40.6 Å². The van der Waals surface area contributed by atoms with E-state index >= 15 is 0 Å². The molecular formula is C29H32N2O2. The molecule has 0 aliphatic carbocycles. The van der Waals surface area contributed by atoms with Crippen LogP contribution in [0.3, 0.4) is 0 Å². The molecule has 4 heteroatoms. The highest BCUT2D eigenvalue weighted by Gasteiger charge is 2.22. The van der Waals surface area contributed by atoms with E-state index in [1.165, 1.54) is 11.1 Å². The molecule has 0 bridgehead atoms. The molecule has 1 aliphatic heterocycles. The lowest BCUT2D eigenvalue weighted by Crippen LogP contribution is -2.35. The zero-order valence-corrected chi connectivity index (χ0v) is 19.0. The Morgan fingerprint density at radius 3 is 2.58 bits per heavy atom. The minimum Gasteiger partial charge on any atom is -0.508 e. The standard InChI is InChI=1S/C29H32N2O2/c32-27-17-15-24(16-18-27)25-13-8-20-31(21-25)22-26-12-4-5-14-28(26)29(33)30-19-7-6-11-23-9-2-1-3-10-23/h1-6,9-12,14-18,25,32H,7-8,13,19-22H2,(H,30,33). The highest BCUT2D eigenvalue weighted by atomic mass is 16.3. The third-order valence-corrected chi connectivity index (χ3v) is 6.23. The first kappa shape index (κ1) is 22.8. The van der Waals surface area contributed by atoms with E-state index in [1.807, 2.05) is 48.5 Å². The Hall–Kier alpha value is -3.37. The molecule has 0 spiro atoms. The van der Waals surface area contributed by atoms with E-state index in [4.69, 9.17) is 0 Å². The van der Waals surface area contributed by atoms with Gasteiger partial charge < -0.3 is 10.4 Å². The number of nitrogens with one attached hydrogen (secondary N) is 1. The number of likely N-dealkylation sites (tertiary alicyclic amines) is 1. The van der Waals surface area contributed by atoms with Crippen LogP contribution in [-0.2, 0) is 6.54 Å². The van der Waals surface area contributed by atoms with E-state index in [0.717, 1.165) is 50.0 Å². The maximum absolute atomic E-state index is 12.9. The van der Waals surface area contributed by atoms with Gasteiger partial charge in [0.05, 0.1) is 0 Å². The number of phenolic OH excluding ortho intramolecular Hbond substituents is 1. The number of piperidine rings is 1. The number of hydrogen-bond donors (Lipinski definition) is 2. The maximum atomic E-state index is 12.9. The number of amides is 1. The molecule has 1 atom stereocenters. The minimum absolute atomic E-state index is 0.00851. The Morgan fingerprint density at radius 1 is 1.00 bits per heavy atom. The molecule has 4 rings (SSSR count). The van der Waals surface area contributed by atoms with Crippen molar-refractivity contribution in [2.24, 2.45) is 0 Å². The molecule has 0 saturated carbocycles. The maximum Gasteiger partial charge on any atom is 0.251 e. The molecule has 3 aromatic carbocycles. The average molecular weight is 441 g/mol. The van der Waals surface area contributed by atoms with Gasteiger partial charge in [0, 0.05) is 25.2 Å². The number of hydrogen-bond acceptors (Lipinski definition) is 3. The van der Waals surface area contributed by atoms with Crippen LogP contribution < -0.4 is 5.32 Å². The van der Waals surface area contributed by atoms with Gasteiger partial charge in [-0.2, -0.15) is 0 Å². The van der Waals surface area contributed by atoms with Gasteiger partial charge in [-0.3, -0.25) is 9.69 Å². The summed E-state index contributed by atoms with van der Waals surface area (Å²) in [6, 6.07) is 25.7. The normalized spacial score (nSPS) is 16.7. The quantitative estimate of drug-likeness (QED) is 0.448. The molecule has 1 heterocycles. The molecule has 1 unspecified atom stereocenters. The van der Waals surface area contributed by atoms with Crippen molar-refractivity contribution in [2.75, 3.05) is 19.6 Å². The van der Waals surface area contributed by atoms with Gasteiger partial charge in [0.2, 0.25) is 0 Å². The van der Waals surface area contributed by atoms with E-state index in [0.29, 0.717) is 18.2 Å². The number of carbonyl (C=O) groups excluding carboxylic acids is 1. The molecule has 3 aromatic rings. The molecule has 33 heavy (non-hydrogen) atoms. The van der Waals surface area contributed by atoms with Crippen LogP contribution in [0.5, 0.6) is 5.75 Å². The Labute approximate surface area is 196 Å². The Kier molecular flexibility index (Phi) is 7.94. The second-order valence-electron chi connectivity index (χ2n) is 8.68. The Morgan fingerprint density at radius 2 is 1.76 bits per heavy atom. The summed E-state index contributed by atoms with van der Waals surface area (Å²) in [7, 11) is 0. The second-order valence-corrected chi connectivity index (χ2v) is 8.68. The monoisotopic (exact) mass is 440 g/mol. The number of benzene rings is 3. The highest BCUT2D eigenvalue weighted by molar-refractivity contribution is 5.95.